The van der Waals surface area contributed by atoms with Crippen LogP contribution < -0.4 is 10.6 Å². The number of benzene rings is 2. The van der Waals surface area contributed by atoms with Gasteiger partial charge in [0.25, 0.3) is 0 Å². The second-order valence-corrected chi connectivity index (χ2v) is 10.9. The largest absolute Gasteiger partial charge is 0.507 e. The van der Waals surface area contributed by atoms with Crippen molar-refractivity contribution >= 4 is 50.7 Å². The van der Waals surface area contributed by atoms with Gasteiger partial charge < -0.3 is 15.6 Å². The van der Waals surface area contributed by atoms with Crippen LogP contribution in [0.1, 0.15) is 37.7 Å². The van der Waals surface area contributed by atoms with E-state index in [9.17, 15) is 14.7 Å². The molecular formula is C30H24ClFN4O4S. The molecule has 0 saturated heterocycles. The Morgan fingerprint density at radius 1 is 1.22 bits per heavy atom. The predicted molar refractivity (Wildman–Crippen MR) is 155 cm³/mol. The first-order valence-corrected chi connectivity index (χ1v) is 14.3. The van der Waals surface area contributed by atoms with E-state index in [0.717, 1.165) is 0 Å². The molecule has 1 aliphatic heterocycles. The van der Waals surface area contributed by atoms with E-state index in [0.29, 0.717) is 50.9 Å². The van der Waals surface area contributed by atoms with Crippen LogP contribution in [-0.4, -0.2) is 33.4 Å². The van der Waals surface area contributed by atoms with E-state index in [1.54, 1.807) is 65.7 Å². The Hall–Kier alpha value is -4.28. The highest BCUT2D eigenvalue weighted by atomic mass is 35.5. The van der Waals surface area contributed by atoms with Crippen molar-refractivity contribution < 1.29 is 23.8 Å². The SMILES string of the molecule is CCOC(=O)C1=C(N)N(c2nc(-c3ccccc3O)cs2)C2=C(C(=O)CCC2)C1c1cc2cc(Cl)ccc2nc1F. The topological polar surface area (TPSA) is 119 Å². The molecule has 208 valence electrons. The fourth-order valence-electron chi connectivity index (χ4n) is 5.45. The molecule has 0 radical (unpaired) electrons. The summed E-state index contributed by atoms with van der Waals surface area (Å²) in [4.78, 5) is 37.5. The highest BCUT2D eigenvalue weighted by molar-refractivity contribution is 7.14. The van der Waals surface area contributed by atoms with Gasteiger partial charge in [0.15, 0.2) is 10.9 Å². The molecule has 0 fully saturated rings. The first-order chi connectivity index (χ1) is 19.8. The summed E-state index contributed by atoms with van der Waals surface area (Å²) in [6.07, 6.45) is 1.23. The molecule has 11 heteroatoms. The molecule has 41 heavy (non-hydrogen) atoms. The van der Waals surface area contributed by atoms with Gasteiger partial charge in [-0.25, -0.2) is 14.8 Å². The van der Waals surface area contributed by atoms with E-state index in [-0.39, 0.29) is 47.1 Å². The molecule has 3 heterocycles. The smallest absolute Gasteiger partial charge is 0.338 e. The van der Waals surface area contributed by atoms with Crippen molar-refractivity contribution in [2.75, 3.05) is 11.5 Å². The van der Waals surface area contributed by atoms with Gasteiger partial charge in [0.1, 0.15) is 11.6 Å². The molecule has 0 spiro atoms. The van der Waals surface area contributed by atoms with Crippen molar-refractivity contribution in [1.29, 1.82) is 0 Å². The first-order valence-electron chi connectivity index (χ1n) is 13.0. The zero-order chi connectivity index (χ0) is 28.8. The van der Waals surface area contributed by atoms with Crippen LogP contribution in [0.3, 0.4) is 0 Å². The number of carbonyl (C=O) groups excluding carboxylic acids is 2. The maximum atomic E-state index is 15.7. The minimum absolute atomic E-state index is 0.00863. The third-order valence-corrected chi connectivity index (χ3v) is 8.28. The van der Waals surface area contributed by atoms with E-state index >= 15 is 4.39 Å². The van der Waals surface area contributed by atoms with Gasteiger partial charge in [-0.3, -0.25) is 9.69 Å². The van der Waals surface area contributed by atoms with Crippen molar-refractivity contribution in [2.45, 2.75) is 32.1 Å². The van der Waals surface area contributed by atoms with Gasteiger partial charge in [0, 0.05) is 44.6 Å². The summed E-state index contributed by atoms with van der Waals surface area (Å²) in [5.41, 5.74) is 8.91. The van der Waals surface area contributed by atoms with Crippen LogP contribution in [0.15, 0.2) is 76.6 Å². The first kappa shape index (κ1) is 26.9. The van der Waals surface area contributed by atoms with E-state index < -0.39 is 17.8 Å². The van der Waals surface area contributed by atoms with Crippen molar-refractivity contribution in [2.24, 2.45) is 5.73 Å². The summed E-state index contributed by atoms with van der Waals surface area (Å²) in [6.45, 7) is 1.70. The third kappa shape index (κ3) is 4.62. The monoisotopic (exact) mass is 590 g/mol. The second kappa shape index (κ2) is 10.6. The Balaban J connectivity index is 1.58. The lowest BCUT2D eigenvalue weighted by molar-refractivity contribution is -0.138. The number of phenols is 1. The number of hydrogen-bond donors (Lipinski definition) is 2. The number of Topliss-reactive ketones (excluding diaryl/α,β-unsaturated/α-hetero) is 1. The number of aromatic hydroxyl groups is 1. The minimum Gasteiger partial charge on any atom is -0.507 e. The molecule has 2 aromatic carbocycles. The Morgan fingerprint density at radius 2 is 2.02 bits per heavy atom. The number of aromatic nitrogens is 2. The molecule has 3 N–H and O–H groups in total. The van der Waals surface area contributed by atoms with Crippen LogP contribution in [0.2, 0.25) is 5.02 Å². The van der Waals surface area contributed by atoms with Gasteiger partial charge >= 0.3 is 5.97 Å². The number of allylic oxidation sites excluding steroid dienone is 2. The summed E-state index contributed by atoms with van der Waals surface area (Å²) in [5.74, 6) is -2.90. The van der Waals surface area contributed by atoms with Crippen molar-refractivity contribution in [3.63, 3.8) is 0 Å². The maximum Gasteiger partial charge on any atom is 0.338 e. The number of ketones is 1. The summed E-state index contributed by atoms with van der Waals surface area (Å²) < 4.78 is 21.1. The molecule has 1 aliphatic carbocycles. The fourth-order valence-corrected chi connectivity index (χ4v) is 6.49. The predicted octanol–water partition coefficient (Wildman–Crippen LogP) is 6.20. The van der Waals surface area contributed by atoms with Crippen LogP contribution in [0.25, 0.3) is 22.2 Å². The number of esters is 1. The number of ether oxygens (including phenoxy) is 1. The molecule has 2 aliphatic rings. The van der Waals surface area contributed by atoms with Crippen LogP contribution in [-0.2, 0) is 14.3 Å². The van der Waals surface area contributed by atoms with Crippen molar-refractivity contribution in [3.8, 4) is 17.0 Å². The normalized spacial score (nSPS) is 17.3. The van der Waals surface area contributed by atoms with Gasteiger partial charge in [-0.15, -0.1) is 11.3 Å². The number of rotatable bonds is 5. The van der Waals surface area contributed by atoms with Crippen molar-refractivity contribution in [1.82, 2.24) is 9.97 Å². The number of para-hydroxylation sites is 1. The number of nitrogens with two attached hydrogens (primary N) is 1. The van der Waals surface area contributed by atoms with Crippen LogP contribution in [0.5, 0.6) is 5.75 Å². The number of anilines is 1. The molecule has 6 rings (SSSR count). The molecule has 0 saturated carbocycles. The average molecular weight is 591 g/mol. The molecule has 8 nitrogen and oxygen atoms in total. The summed E-state index contributed by atoms with van der Waals surface area (Å²) >= 11 is 7.44. The second-order valence-electron chi connectivity index (χ2n) is 9.66. The number of thiazole rings is 1. The molecule has 1 unspecified atom stereocenters. The molecule has 0 bridgehead atoms. The number of halogens is 2. The molecular weight excluding hydrogens is 567 g/mol. The number of carbonyl (C=O) groups is 2. The van der Waals surface area contributed by atoms with E-state index in [1.165, 1.54) is 11.3 Å². The Morgan fingerprint density at radius 3 is 2.80 bits per heavy atom. The Bertz CT molecular complexity index is 1800. The minimum atomic E-state index is -1.14. The lowest BCUT2D eigenvalue weighted by atomic mass is 9.75. The van der Waals surface area contributed by atoms with Gasteiger partial charge in [-0.1, -0.05) is 23.7 Å². The number of pyridine rings is 1. The molecule has 4 aromatic rings. The number of phenolic OH excluding ortho intramolecular Hbond substituents is 1. The van der Waals surface area contributed by atoms with E-state index in [2.05, 4.69) is 4.98 Å². The van der Waals surface area contributed by atoms with Crippen molar-refractivity contribution in [3.05, 3.63) is 93.1 Å². The average Bonchev–Trinajstić information content (AvgIpc) is 3.42. The van der Waals surface area contributed by atoms with Gasteiger partial charge in [-0.2, -0.15) is 4.39 Å². The maximum absolute atomic E-state index is 15.7. The van der Waals surface area contributed by atoms with Crippen LogP contribution in [0.4, 0.5) is 9.52 Å². The lowest BCUT2D eigenvalue weighted by Crippen LogP contribution is -2.41. The highest BCUT2D eigenvalue weighted by Crippen LogP contribution is 2.48. The van der Waals surface area contributed by atoms with Gasteiger partial charge in [-0.05, 0) is 56.2 Å². The van der Waals surface area contributed by atoms with Gasteiger partial charge in [0.05, 0.1) is 29.3 Å². The van der Waals surface area contributed by atoms with E-state index in [1.807, 2.05) is 0 Å². The molecule has 2 aromatic heterocycles. The van der Waals surface area contributed by atoms with Crippen LogP contribution >= 0.6 is 22.9 Å². The fraction of sp³-hybridized carbons (Fsp3) is 0.200. The van der Waals surface area contributed by atoms with Gasteiger partial charge in [0.2, 0.25) is 5.95 Å². The third-order valence-electron chi connectivity index (χ3n) is 7.22. The lowest BCUT2D eigenvalue weighted by Gasteiger charge is -2.39. The van der Waals surface area contributed by atoms with Crippen LogP contribution in [0, 0.1) is 5.95 Å². The number of fused-ring (bicyclic) bond motifs is 1. The summed E-state index contributed by atoms with van der Waals surface area (Å²) in [6, 6.07) is 13.2. The highest BCUT2D eigenvalue weighted by Gasteiger charge is 2.45. The Labute approximate surface area is 243 Å². The molecule has 1 atom stereocenters. The summed E-state index contributed by atoms with van der Waals surface area (Å²) in [5, 5.41) is 13.5. The van der Waals surface area contributed by atoms with E-state index in [4.69, 9.17) is 27.1 Å². The zero-order valence-electron chi connectivity index (χ0n) is 21.9. The Kier molecular flexibility index (Phi) is 6.96. The quantitative estimate of drug-likeness (QED) is 0.208. The zero-order valence-corrected chi connectivity index (χ0v) is 23.4. The molecule has 0 amide bonds. The summed E-state index contributed by atoms with van der Waals surface area (Å²) in [7, 11) is 0. The standard InChI is InChI=1S/C30H24ClFN4O4S/c1-2-40-29(39)26-24(18-13-15-12-16(31)10-11-19(15)34-27(18)32)25-21(7-5-9-23(25)38)36(28(26)33)30-35-20(14-41-30)17-6-3-4-8-22(17)37/h3-4,6,8,10-14,24,37H,2,5,7,9,33H2,1H3. The number of hydrogen-bond acceptors (Lipinski definition) is 9. The number of nitrogens with zero attached hydrogens (tertiary/aromatic N) is 3.